The molecule has 0 saturated carbocycles. The van der Waals surface area contributed by atoms with Gasteiger partial charge in [-0.2, -0.15) is 0 Å². The highest BCUT2D eigenvalue weighted by atomic mass is 16.5. The second-order valence-corrected chi connectivity index (χ2v) is 7.79. The number of nitrogens with zero attached hydrogens (tertiary/aromatic N) is 2. The third kappa shape index (κ3) is 3.26. The zero-order valence-electron chi connectivity index (χ0n) is 18.3. The normalized spacial score (nSPS) is 12.1. The molecular weight excluding hydrogens is 391 g/mol. The summed E-state index contributed by atoms with van der Waals surface area (Å²) in [5.41, 5.74) is 7.73. The van der Waals surface area contributed by atoms with E-state index in [4.69, 9.17) is 6.11 Å². The van der Waals surface area contributed by atoms with Crippen LogP contribution in [0.2, 0.25) is 0 Å². The largest absolute Gasteiger partial charge is 0.439 e. The highest BCUT2D eigenvalue weighted by Gasteiger charge is 2.34. The third-order valence-electron chi connectivity index (χ3n) is 5.85. The van der Waals surface area contributed by atoms with Gasteiger partial charge in [-0.3, -0.25) is 4.98 Å². The Labute approximate surface area is 188 Å². The fraction of sp³-hybridized carbons (Fsp3) is 0. The fourth-order valence-corrected chi connectivity index (χ4v) is 4.44. The Balaban J connectivity index is 1.44. The van der Waals surface area contributed by atoms with E-state index in [1.165, 1.54) is 22.1 Å². The molecule has 0 amide bonds. The molecule has 0 N–H and O–H groups in total. The maximum absolute atomic E-state index is 8.49. The molecule has 2 aromatic heterocycles. The second kappa shape index (κ2) is 7.82. The van der Waals surface area contributed by atoms with Crippen LogP contribution in [-0.2, 0) is 0 Å². The highest BCUT2D eigenvalue weighted by Crippen LogP contribution is 2.30. The van der Waals surface area contributed by atoms with E-state index in [1.54, 1.807) is 12.4 Å². The molecule has 0 bridgehead atoms. The van der Waals surface area contributed by atoms with Gasteiger partial charge in [-0.15, -0.1) is 0 Å². The lowest BCUT2D eigenvalue weighted by Crippen LogP contribution is -2.50. The average molecular weight is 411 g/mol. The summed E-state index contributed by atoms with van der Waals surface area (Å²) >= 11 is 0. The van der Waals surface area contributed by atoms with Crippen molar-refractivity contribution in [3.05, 3.63) is 115 Å². The number of aromatic nitrogens is 2. The number of fused-ring (bicyclic) bond motifs is 3. The first-order chi connectivity index (χ1) is 16.3. The van der Waals surface area contributed by atoms with E-state index in [-0.39, 0.29) is 6.71 Å². The molecule has 3 aromatic carbocycles. The molecule has 32 heavy (non-hydrogen) atoms. The first-order valence-corrected chi connectivity index (χ1v) is 10.6. The van der Waals surface area contributed by atoms with Gasteiger partial charge in [0.2, 0.25) is 5.88 Å². The summed E-state index contributed by atoms with van der Waals surface area (Å²) in [5, 5.41) is 0. The number of hydrogen-bond acceptors (Lipinski definition) is 3. The molecule has 4 heteroatoms. The van der Waals surface area contributed by atoms with Gasteiger partial charge in [0.15, 0.2) is 0 Å². The smallest absolute Gasteiger partial charge is 0.266 e. The molecule has 0 unspecified atom stereocenters. The van der Waals surface area contributed by atoms with Crippen LogP contribution in [0.3, 0.4) is 0 Å². The van der Waals surface area contributed by atoms with Crippen LogP contribution in [-0.4, -0.2) is 16.7 Å². The van der Waals surface area contributed by atoms with E-state index in [0.29, 0.717) is 11.9 Å². The molecule has 0 spiro atoms. The van der Waals surface area contributed by atoms with E-state index in [1.807, 2.05) is 48.5 Å². The van der Waals surface area contributed by atoms with Gasteiger partial charge in [-0.05, 0) is 52.6 Å². The summed E-state index contributed by atoms with van der Waals surface area (Å²) in [6, 6.07) is 32.7. The lowest BCUT2D eigenvalue weighted by atomic mass is 9.40. The van der Waals surface area contributed by atoms with Gasteiger partial charge in [0.05, 0.1) is 1.37 Å². The first-order valence-electron chi connectivity index (χ1n) is 11.1. The minimum absolute atomic E-state index is 0.0576. The van der Waals surface area contributed by atoms with Crippen molar-refractivity contribution >= 4 is 23.2 Å². The van der Waals surface area contributed by atoms with Crippen LogP contribution in [0.5, 0.6) is 11.6 Å². The molecule has 0 atom stereocenters. The molecule has 0 fully saturated rings. The maximum Gasteiger partial charge on any atom is 0.266 e. The Morgan fingerprint density at radius 2 is 1.47 bits per heavy atom. The van der Waals surface area contributed by atoms with Gasteiger partial charge >= 0.3 is 0 Å². The molecule has 3 heterocycles. The van der Waals surface area contributed by atoms with Crippen molar-refractivity contribution in [1.82, 2.24) is 9.97 Å². The summed E-state index contributed by atoms with van der Waals surface area (Å²) in [4.78, 5) is 8.86. The Bertz CT molecular complexity index is 1470. The van der Waals surface area contributed by atoms with E-state index >= 15 is 0 Å². The zero-order valence-corrected chi connectivity index (χ0v) is 17.3. The SMILES string of the molecule is [2H]c1cccnc1B1c2ccccc2-c2ccc(-c3cccc(Oc4ccccn4)c3)cc21. The minimum atomic E-state index is -0.0576. The maximum atomic E-state index is 8.49. The van der Waals surface area contributed by atoms with Gasteiger partial charge in [-0.25, -0.2) is 4.98 Å². The van der Waals surface area contributed by atoms with E-state index in [2.05, 4.69) is 58.5 Å². The van der Waals surface area contributed by atoms with Crippen LogP contribution in [0.4, 0.5) is 0 Å². The lowest BCUT2D eigenvalue weighted by molar-refractivity contribution is 0.463. The van der Waals surface area contributed by atoms with E-state index in [9.17, 15) is 0 Å². The average Bonchev–Trinajstić information content (AvgIpc) is 3.19. The zero-order chi connectivity index (χ0) is 22.2. The predicted molar refractivity (Wildman–Crippen MR) is 131 cm³/mol. The molecule has 0 saturated heterocycles. The Hall–Kier alpha value is -4.18. The van der Waals surface area contributed by atoms with Gasteiger partial charge < -0.3 is 4.74 Å². The quantitative estimate of drug-likeness (QED) is 0.403. The second-order valence-electron chi connectivity index (χ2n) is 7.79. The van der Waals surface area contributed by atoms with Gasteiger partial charge in [-0.1, -0.05) is 77.7 Å². The fourth-order valence-electron chi connectivity index (χ4n) is 4.44. The number of rotatable bonds is 4. The van der Waals surface area contributed by atoms with Crippen molar-refractivity contribution < 1.29 is 6.11 Å². The topological polar surface area (TPSA) is 35.0 Å². The molecule has 0 radical (unpaired) electrons. The van der Waals surface area contributed by atoms with Crippen molar-refractivity contribution in [3.63, 3.8) is 0 Å². The lowest BCUT2D eigenvalue weighted by Gasteiger charge is -2.12. The molecule has 6 rings (SSSR count). The molecule has 1 aliphatic rings. The predicted octanol–water partition coefficient (Wildman–Crippen LogP) is 4.43. The van der Waals surface area contributed by atoms with Gasteiger partial charge in [0, 0.05) is 24.1 Å². The molecule has 3 nitrogen and oxygen atoms in total. The third-order valence-corrected chi connectivity index (χ3v) is 5.85. The van der Waals surface area contributed by atoms with Crippen molar-refractivity contribution in [2.45, 2.75) is 0 Å². The number of pyridine rings is 2. The summed E-state index contributed by atoms with van der Waals surface area (Å²) in [6.07, 6.45) is 3.49. The van der Waals surface area contributed by atoms with Crippen LogP contribution < -0.4 is 21.3 Å². The van der Waals surface area contributed by atoms with Gasteiger partial charge in [0.1, 0.15) is 5.75 Å². The molecule has 150 valence electrons. The Morgan fingerprint density at radius 3 is 2.38 bits per heavy atom. The minimum Gasteiger partial charge on any atom is -0.439 e. The molecule has 0 aliphatic carbocycles. The van der Waals surface area contributed by atoms with Crippen molar-refractivity contribution in [2.75, 3.05) is 0 Å². The van der Waals surface area contributed by atoms with Crippen molar-refractivity contribution in [1.29, 1.82) is 0 Å². The first kappa shape index (κ1) is 17.5. The van der Waals surface area contributed by atoms with Crippen LogP contribution in [0.25, 0.3) is 22.3 Å². The van der Waals surface area contributed by atoms with E-state index in [0.717, 1.165) is 22.5 Å². The van der Waals surface area contributed by atoms with Crippen LogP contribution in [0.15, 0.2) is 115 Å². The summed E-state index contributed by atoms with van der Waals surface area (Å²) in [7, 11) is 0. The highest BCUT2D eigenvalue weighted by molar-refractivity contribution is 6.98. The van der Waals surface area contributed by atoms with Crippen LogP contribution in [0, 0.1) is 0 Å². The Kier molecular flexibility index (Phi) is 4.28. The molecule has 1 aliphatic heterocycles. The molecular formula is C28H19BN2O. The van der Waals surface area contributed by atoms with Crippen molar-refractivity contribution in [2.24, 2.45) is 0 Å². The summed E-state index contributed by atoms with van der Waals surface area (Å²) in [6.45, 7) is -0.0576. The van der Waals surface area contributed by atoms with Crippen LogP contribution in [0.1, 0.15) is 1.37 Å². The van der Waals surface area contributed by atoms with Gasteiger partial charge in [0.25, 0.3) is 6.71 Å². The number of ether oxygens (including phenoxy) is 1. The van der Waals surface area contributed by atoms with Crippen molar-refractivity contribution in [3.8, 4) is 33.9 Å². The monoisotopic (exact) mass is 411 g/mol. The standard InChI is InChI=1S/C28H19BN2O/c1-2-11-25-23(10-1)24-15-14-21(19-26(24)29(25)27-12-3-5-16-30-27)20-8-7-9-22(18-20)32-28-13-4-6-17-31-28/h1-19H/i12D. The van der Waals surface area contributed by atoms with Crippen LogP contribution >= 0.6 is 0 Å². The number of benzene rings is 3. The molecule has 5 aromatic rings. The number of hydrogen-bond donors (Lipinski definition) is 0. The summed E-state index contributed by atoms with van der Waals surface area (Å²) in [5.74, 6) is 1.31. The summed E-state index contributed by atoms with van der Waals surface area (Å²) < 4.78 is 14.4. The van der Waals surface area contributed by atoms with E-state index < -0.39 is 0 Å². The Morgan fingerprint density at radius 1 is 0.656 bits per heavy atom.